The average Bonchev–Trinajstić information content (AvgIpc) is 2.67. The number of anilines is 1. The quantitative estimate of drug-likeness (QED) is 0.514. The third-order valence-electron chi connectivity index (χ3n) is 3.63. The monoisotopic (exact) mass is 383 g/mol. The van der Waals surface area contributed by atoms with Gasteiger partial charge in [-0.25, -0.2) is 5.43 Å². The van der Waals surface area contributed by atoms with E-state index >= 15 is 0 Å². The van der Waals surface area contributed by atoms with Crippen LogP contribution in [0.15, 0.2) is 53.6 Å². The van der Waals surface area contributed by atoms with Crippen LogP contribution in [0.2, 0.25) is 0 Å². The number of para-hydroxylation sites is 2. The van der Waals surface area contributed by atoms with Crippen molar-refractivity contribution >= 4 is 23.7 Å². The lowest BCUT2D eigenvalue weighted by Gasteiger charge is -2.10. The first-order valence-electron chi connectivity index (χ1n) is 8.95. The third-order valence-corrected chi connectivity index (χ3v) is 3.63. The van der Waals surface area contributed by atoms with Gasteiger partial charge in [-0.05, 0) is 47.9 Å². The lowest BCUT2D eigenvalue weighted by Crippen LogP contribution is -2.20. The Bertz CT molecular complexity index is 817. The lowest BCUT2D eigenvalue weighted by molar-refractivity contribution is -0.121. The third kappa shape index (κ3) is 7.11. The van der Waals surface area contributed by atoms with E-state index in [-0.39, 0.29) is 24.3 Å². The summed E-state index contributed by atoms with van der Waals surface area (Å²) in [5.74, 6) is 1.01. The van der Waals surface area contributed by atoms with Crippen LogP contribution in [0.3, 0.4) is 0 Å². The number of benzene rings is 2. The summed E-state index contributed by atoms with van der Waals surface area (Å²) in [5.41, 5.74) is 3.87. The lowest BCUT2D eigenvalue weighted by atomic mass is 10.1. The molecule has 0 fully saturated rings. The molecule has 2 amide bonds. The first kappa shape index (κ1) is 21.0. The molecule has 0 saturated heterocycles. The first-order chi connectivity index (χ1) is 13.5. The summed E-state index contributed by atoms with van der Waals surface area (Å²) in [6.07, 6.45) is 1.98. The zero-order chi connectivity index (χ0) is 20.4. The number of hydrogen-bond acceptors (Lipinski definition) is 5. The number of rotatable bonds is 9. The Balaban J connectivity index is 1.80. The molecular weight excluding hydrogens is 358 g/mol. The highest BCUT2D eigenvalue weighted by Crippen LogP contribution is 2.22. The minimum atomic E-state index is -0.289. The summed E-state index contributed by atoms with van der Waals surface area (Å²) in [5, 5.41) is 6.66. The van der Waals surface area contributed by atoms with Gasteiger partial charge in [-0.15, -0.1) is 0 Å². The molecule has 0 aliphatic heterocycles. The minimum absolute atomic E-state index is 0.118. The maximum absolute atomic E-state index is 12.0. The molecule has 0 unspecified atom stereocenters. The fraction of sp³-hybridized carbons (Fsp3) is 0.286. The van der Waals surface area contributed by atoms with Gasteiger partial charge in [-0.1, -0.05) is 26.0 Å². The van der Waals surface area contributed by atoms with Crippen molar-refractivity contribution in [1.82, 2.24) is 5.43 Å². The zero-order valence-corrected chi connectivity index (χ0v) is 16.3. The fourth-order valence-electron chi connectivity index (χ4n) is 2.33. The maximum atomic E-state index is 12.0. The van der Waals surface area contributed by atoms with E-state index in [1.807, 2.05) is 26.0 Å². The number of carbonyl (C=O) groups is 2. The number of amides is 2. The van der Waals surface area contributed by atoms with Crippen molar-refractivity contribution in [2.24, 2.45) is 11.0 Å². The smallest absolute Gasteiger partial charge is 0.262 e. The Labute approximate surface area is 164 Å². The maximum Gasteiger partial charge on any atom is 0.262 e. The molecule has 2 N–H and O–H groups in total. The molecular formula is C21H25N3O4. The van der Waals surface area contributed by atoms with E-state index in [9.17, 15) is 9.59 Å². The number of ether oxygens (including phenoxy) is 2. The molecule has 2 aromatic rings. The van der Waals surface area contributed by atoms with Gasteiger partial charge in [0.15, 0.2) is 6.61 Å². The van der Waals surface area contributed by atoms with Crippen LogP contribution < -0.4 is 20.2 Å². The number of nitrogens with one attached hydrogen (secondary N) is 2. The van der Waals surface area contributed by atoms with Gasteiger partial charge < -0.3 is 14.8 Å². The fourth-order valence-corrected chi connectivity index (χ4v) is 2.33. The van der Waals surface area contributed by atoms with Crippen LogP contribution in [0.25, 0.3) is 0 Å². The van der Waals surface area contributed by atoms with Crippen LogP contribution >= 0.6 is 0 Å². The normalized spacial score (nSPS) is 10.7. The van der Waals surface area contributed by atoms with Crippen molar-refractivity contribution < 1.29 is 19.1 Å². The van der Waals surface area contributed by atoms with Crippen LogP contribution in [0.4, 0.5) is 5.69 Å². The number of hydrazone groups is 1. The van der Waals surface area contributed by atoms with Gasteiger partial charge in [-0.3, -0.25) is 9.59 Å². The Hall–Kier alpha value is -3.35. The summed E-state index contributed by atoms with van der Waals surface area (Å²) in [7, 11) is 1.54. The van der Waals surface area contributed by atoms with E-state index in [4.69, 9.17) is 9.47 Å². The van der Waals surface area contributed by atoms with Crippen LogP contribution in [0.5, 0.6) is 11.5 Å². The van der Waals surface area contributed by atoms with Gasteiger partial charge in [0.05, 0.1) is 19.0 Å². The molecule has 0 aromatic heterocycles. The van der Waals surface area contributed by atoms with Crippen LogP contribution in [-0.4, -0.2) is 31.7 Å². The van der Waals surface area contributed by atoms with Crippen LogP contribution in [-0.2, 0) is 9.59 Å². The van der Waals surface area contributed by atoms with Crippen molar-refractivity contribution in [3.63, 3.8) is 0 Å². The molecule has 0 aliphatic rings. The van der Waals surface area contributed by atoms with Gasteiger partial charge in [-0.2, -0.15) is 5.10 Å². The average molecular weight is 383 g/mol. The van der Waals surface area contributed by atoms with E-state index in [0.29, 0.717) is 23.6 Å². The van der Waals surface area contributed by atoms with Gasteiger partial charge in [0.2, 0.25) is 5.91 Å². The number of nitrogens with zero attached hydrogens (tertiary/aromatic N) is 1. The van der Waals surface area contributed by atoms with Gasteiger partial charge in [0, 0.05) is 6.42 Å². The molecule has 0 atom stereocenters. The minimum Gasteiger partial charge on any atom is -0.495 e. The number of methoxy groups -OCH3 is 1. The highest BCUT2D eigenvalue weighted by atomic mass is 16.5. The van der Waals surface area contributed by atoms with Crippen LogP contribution in [0, 0.1) is 5.92 Å². The topological polar surface area (TPSA) is 89.0 Å². The summed E-state index contributed by atoms with van der Waals surface area (Å²) >= 11 is 0. The molecule has 0 aliphatic carbocycles. The molecule has 2 rings (SSSR count). The number of hydrogen-bond donors (Lipinski definition) is 2. The van der Waals surface area contributed by atoms with E-state index in [0.717, 1.165) is 5.56 Å². The molecule has 0 heterocycles. The second-order valence-corrected chi connectivity index (χ2v) is 6.50. The summed E-state index contributed by atoms with van der Waals surface area (Å²) in [6, 6.07) is 14.2. The molecule has 2 aromatic carbocycles. The summed E-state index contributed by atoms with van der Waals surface area (Å²) in [4.78, 5) is 23.6. The molecule has 148 valence electrons. The molecule has 7 heteroatoms. The zero-order valence-electron chi connectivity index (χ0n) is 16.3. The predicted octanol–water partition coefficient (Wildman–Crippen LogP) is 3.21. The number of carbonyl (C=O) groups excluding carboxylic acids is 2. The van der Waals surface area contributed by atoms with Crippen molar-refractivity contribution in [1.29, 1.82) is 0 Å². The van der Waals surface area contributed by atoms with Gasteiger partial charge in [0.1, 0.15) is 11.5 Å². The van der Waals surface area contributed by atoms with Crippen LogP contribution in [0.1, 0.15) is 25.8 Å². The largest absolute Gasteiger partial charge is 0.495 e. The second-order valence-electron chi connectivity index (χ2n) is 6.50. The highest BCUT2D eigenvalue weighted by molar-refractivity contribution is 5.93. The highest BCUT2D eigenvalue weighted by Gasteiger charge is 2.07. The molecule has 0 bridgehead atoms. The molecule has 7 nitrogen and oxygen atoms in total. The van der Waals surface area contributed by atoms with E-state index in [2.05, 4.69) is 15.8 Å². The Morgan fingerprint density at radius 3 is 2.46 bits per heavy atom. The Morgan fingerprint density at radius 2 is 1.79 bits per heavy atom. The van der Waals surface area contributed by atoms with Gasteiger partial charge >= 0.3 is 0 Å². The first-order valence-corrected chi connectivity index (χ1v) is 8.95. The Kier molecular flexibility index (Phi) is 8.02. The van der Waals surface area contributed by atoms with Crippen molar-refractivity contribution in [2.75, 3.05) is 19.0 Å². The van der Waals surface area contributed by atoms with Gasteiger partial charge in [0.25, 0.3) is 5.91 Å². The predicted molar refractivity (Wildman–Crippen MR) is 109 cm³/mol. The molecule has 28 heavy (non-hydrogen) atoms. The van der Waals surface area contributed by atoms with E-state index in [1.165, 1.54) is 0 Å². The standard InChI is InChI=1S/C21H25N3O4/c1-15(2)12-20(25)24-22-13-16-8-10-17(11-9-16)28-14-21(26)23-18-6-4-5-7-19(18)27-3/h4-11,13,15H,12,14H2,1-3H3,(H,23,26)(H,24,25)/b22-13-. The van der Waals surface area contributed by atoms with E-state index < -0.39 is 0 Å². The van der Waals surface area contributed by atoms with E-state index in [1.54, 1.807) is 49.7 Å². The van der Waals surface area contributed by atoms with Crippen molar-refractivity contribution in [3.05, 3.63) is 54.1 Å². The van der Waals surface area contributed by atoms with Crippen molar-refractivity contribution in [2.45, 2.75) is 20.3 Å². The molecule has 0 saturated carbocycles. The second kappa shape index (κ2) is 10.7. The van der Waals surface area contributed by atoms with Crippen molar-refractivity contribution in [3.8, 4) is 11.5 Å². The molecule has 0 spiro atoms. The summed E-state index contributed by atoms with van der Waals surface area (Å²) < 4.78 is 10.7. The Morgan fingerprint density at radius 1 is 1.07 bits per heavy atom. The molecule has 0 radical (unpaired) electrons. The summed E-state index contributed by atoms with van der Waals surface area (Å²) in [6.45, 7) is 3.81. The SMILES string of the molecule is COc1ccccc1NC(=O)COc1ccc(/C=N\NC(=O)CC(C)C)cc1.